The number of nitrogens with one attached hydrogen (secondary N) is 1. The molecule has 1 N–H and O–H groups in total. The number of anilines is 1. The normalized spacial score (nSPS) is 15.8. The number of fused-ring (bicyclic) bond motifs is 1. The van der Waals surface area contributed by atoms with Crippen molar-refractivity contribution >= 4 is 17.5 Å². The van der Waals surface area contributed by atoms with E-state index in [-0.39, 0.29) is 43.1 Å². The molecule has 3 rings (SSSR count). The molecule has 1 aliphatic rings. The zero-order chi connectivity index (χ0) is 18.5. The number of amides is 2. The van der Waals surface area contributed by atoms with Gasteiger partial charge in [0, 0.05) is 19.4 Å². The van der Waals surface area contributed by atoms with Crippen molar-refractivity contribution in [3.8, 4) is 5.75 Å². The van der Waals surface area contributed by atoms with E-state index in [1.54, 1.807) is 17.0 Å². The number of ether oxygens (including phenoxy) is 1. The summed E-state index contributed by atoms with van der Waals surface area (Å²) < 4.78 is 18.9. The minimum Gasteiger partial charge on any atom is -0.487 e. The second-order valence-electron chi connectivity index (χ2n) is 6.31. The topological polar surface area (TPSA) is 58.6 Å². The highest BCUT2D eigenvalue weighted by atomic mass is 19.1. The van der Waals surface area contributed by atoms with Crippen molar-refractivity contribution in [2.45, 2.75) is 32.4 Å². The molecule has 6 heteroatoms. The largest absolute Gasteiger partial charge is 0.487 e. The summed E-state index contributed by atoms with van der Waals surface area (Å²) in [4.78, 5) is 26.2. The molecule has 1 heterocycles. The highest BCUT2D eigenvalue weighted by molar-refractivity contribution is 5.97. The average Bonchev–Trinajstić information content (AvgIpc) is 2.63. The van der Waals surface area contributed by atoms with Gasteiger partial charge in [-0.1, -0.05) is 24.3 Å². The Hall–Kier alpha value is -2.89. The van der Waals surface area contributed by atoms with Gasteiger partial charge in [0.25, 0.3) is 0 Å². The minimum atomic E-state index is -0.341. The Morgan fingerprint density at radius 1 is 1.19 bits per heavy atom. The molecule has 0 aliphatic carbocycles. The Kier molecular flexibility index (Phi) is 5.51. The number of hydrogen-bond donors (Lipinski definition) is 1. The van der Waals surface area contributed by atoms with Crippen LogP contribution >= 0.6 is 0 Å². The lowest BCUT2D eigenvalue weighted by Gasteiger charge is -2.33. The Morgan fingerprint density at radius 2 is 2.00 bits per heavy atom. The van der Waals surface area contributed by atoms with Crippen molar-refractivity contribution in [1.82, 2.24) is 5.32 Å². The molecule has 136 valence electrons. The number of rotatable bonds is 5. The van der Waals surface area contributed by atoms with Crippen molar-refractivity contribution < 1.29 is 18.7 Å². The third-order valence-corrected chi connectivity index (χ3v) is 4.17. The fourth-order valence-corrected chi connectivity index (χ4v) is 2.92. The van der Waals surface area contributed by atoms with Gasteiger partial charge in [0.2, 0.25) is 11.8 Å². The molecule has 1 atom stereocenters. The van der Waals surface area contributed by atoms with Gasteiger partial charge in [-0.3, -0.25) is 9.59 Å². The highest BCUT2D eigenvalue weighted by Crippen LogP contribution is 2.33. The minimum absolute atomic E-state index is 0.0854. The van der Waals surface area contributed by atoms with Crippen LogP contribution < -0.4 is 15.0 Å². The number of halogens is 1. The molecule has 0 aromatic heterocycles. The summed E-state index contributed by atoms with van der Waals surface area (Å²) in [5.74, 6) is -0.0205. The Bertz CT molecular complexity index is 809. The maximum Gasteiger partial charge on any atom is 0.227 e. The van der Waals surface area contributed by atoms with Crippen molar-refractivity contribution in [2.24, 2.45) is 0 Å². The van der Waals surface area contributed by atoms with E-state index in [1.165, 1.54) is 12.1 Å². The summed E-state index contributed by atoms with van der Waals surface area (Å²) in [6.07, 6.45) is 0.0913. The maximum atomic E-state index is 13.1. The van der Waals surface area contributed by atoms with Crippen molar-refractivity contribution in [3.05, 3.63) is 59.9 Å². The highest BCUT2D eigenvalue weighted by Gasteiger charge is 2.27. The zero-order valence-electron chi connectivity index (χ0n) is 14.6. The molecule has 0 bridgehead atoms. The SMILES string of the molecule is CC1CN(C(=O)CCC(=O)NCc2cccc(F)c2)c2ccccc2O1. The van der Waals surface area contributed by atoms with Crippen LogP contribution in [0.25, 0.3) is 0 Å². The molecule has 0 spiro atoms. The monoisotopic (exact) mass is 356 g/mol. The van der Waals surface area contributed by atoms with Gasteiger partial charge in [-0.25, -0.2) is 4.39 Å². The summed E-state index contributed by atoms with van der Waals surface area (Å²) in [7, 11) is 0. The van der Waals surface area contributed by atoms with Crippen LogP contribution in [0.4, 0.5) is 10.1 Å². The molecule has 2 amide bonds. The van der Waals surface area contributed by atoms with Gasteiger partial charge in [-0.05, 0) is 36.8 Å². The Labute approximate surface area is 151 Å². The first kappa shape index (κ1) is 17.9. The predicted molar refractivity (Wildman–Crippen MR) is 96.4 cm³/mol. The first-order valence-electron chi connectivity index (χ1n) is 8.60. The third-order valence-electron chi connectivity index (χ3n) is 4.17. The maximum absolute atomic E-state index is 13.1. The molecular weight excluding hydrogens is 335 g/mol. The standard InChI is InChI=1S/C20H21FN2O3/c1-14-13-23(17-7-2-3-8-18(17)26-14)20(25)10-9-19(24)22-12-15-5-4-6-16(21)11-15/h2-8,11,14H,9-10,12-13H2,1H3,(H,22,24). The molecule has 2 aromatic rings. The second-order valence-corrected chi connectivity index (χ2v) is 6.31. The van der Waals surface area contributed by atoms with Crippen molar-refractivity contribution in [1.29, 1.82) is 0 Å². The van der Waals surface area contributed by atoms with Gasteiger partial charge in [-0.15, -0.1) is 0 Å². The van der Waals surface area contributed by atoms with Crippen LogP contribution in [0.3, 0.4) is 0 Å². The van der Waals surface area contributed by atoms with E-state index >= 15 is 0 Å². The lowest BCUT2D eigenvalue weighted by Crippen LogP contribution is -2.42. The number of nitrogens with zero attached hydrogens (tertiary/aromatic N) is 1. The van der Waals surface area contributed by atoms with E-state index in [9.17, 15) is 14.0 Å². The van der Waals surface area contributed by atoms with Gasteiger partial charge in [0.15, 0.2) is 0 Å². The van der Waals surface area contributed by atoms with Gasteiger partial charge < -0.3 is 15.0 Å². The van der Waals surface area contributed by atoms with Crippen molar-refractivity contribution in [3.63, 3.8) is 0 Å². The molecule has 0 saturated carbocycles. The molecule has 2 aromatic carbocycles. The van der Waals surface area contributed by atoms with E-state index in [1.807, 2.05) is 31.2 Å². The predicted octanol–water partition coefficient (Wildman–Crippen LogP) is 3.04. The van der Waals surface area contributed by atoms with Crippen LogP contribution in [0.1, 0.15) is 25.3 Å². The molecule has 26 heavy (non-hydrogen) atoms. The smallest absolute Gasteiger partial charge is 0.227 e. The summed E-state index contributed by atoms with van der Waals surface area (Å²) >= 11 is 0. The van der Waals surface area contributed by atoms with Crippen LogP contribution in [0.5, 0.6) is 5.75 Å². The van der Waals surface area contributed by atoms with E-state index in [2.05, 4.69) is 5.32 Å². The zero-order valence-corrected chi connectivity index (χ0v) is 14.6. The fraction of sp³-hybridized carbons (Fsp3) is 0.300. The van der Waals surface area contributed by atoms with E-state index < -0.39 is 0 Å². The number of para-hydroxylation sites is 2. The first-order valence-corrected chi connectivity index (χ1v) is 8.60. The summed E-state index contributed by atoms with van der Waals surface area (Å²) in [6.45, 7) is 2.60. The lowest BCUT2D eigenvalue weighted by atomic mass is 10.1. The van der Waals surface area contributed by atoms with Crippen LogP contribution in [-0.2, 0) is 16.1 Å². The second kappa shape index (κ2) is 7.99. The average molecular weight is 356 g/mol. The first-order chi connectivity index (χ1) is 12.5. The lowest BCUT2D eigenvalue weighted by molar-refractivity contribution is -0.125. The fourth-order valence-electron chi connectivity index (χ4n) is 2.92. The van der Waals surface area contributed by atoms with Gasteiger partial charge in [-0.2, -0.15) is 0 Å². The molecule has 0 radical (unpaired) electrons. The number of benzene rings is 2. The van der Waals surface area contributed by atoms with Gasteiger partial charge >= 0.3 is 0 Å². The molecule has 5 nitrogen and oxygen atoms in total. The van der Waals surface area contributed by atoms with Crippen LogP contribution in [-0.4, -0.2) is 24.5 Å². The van der Waals surface area contributed by atoms with Crippen molar-refractivity contribution in [2.75, 3.05) is 11.4 Å². The summed E-state index contributed by atoms with van der Waals surface area (Å²) in [6, 6.07) is 13.4. The third kappa shape index (κ3) is 4.39. The van der Waals surface area contributed by atoms with Crippen LogP contribution in [0.2, 0.25) is 0 Å². The molecule has 0 saturated heterocycles. The Morgan fingerprint density at radius 3 is 2.81 bits per heavy atom. The summed E-state index contributed by atoms with van der Waals surface area (Å²) in [5, 5.41) is 2.71. The van der Waals surface area contributed by atoms with Crippen LogP contribution in [0, 0.1) is 5.82 Å². The molecule has 1 aliphatic heterocycles. The summed E-state index contributed by atoms with van der Waals surface area (Å²) in [5.41, 5.74) is 1.41. The number of hydrogen-bond acceptors (Lipinski definition) is 3. The molecule has 0 fully saturated rings. The van der Waals surface area contributed by atoms with Gasteiger partial charge in [0.1, 0.15) is 17.7 Å². The van der Waals surface area contributed by atoms with E-state index in [0.717, 1.165) is 5.69 Å². The van der Waals surface area contributed by atoms with E-state index in [4.69, 9.17) is 4.74 Å². The Balaban J connectivity index is 1.53. The quantitative estimate of drug-likeness (QED) is 0.896. The molecule has 1 unspecified atom stereocenters. The van der Waals surface area contributed by atoms with Gasteiger partial charge in [0.05, 0.1) is 12.2 Å². The molecular formula is C20H21FN2O3. The van der Waals surface area contributed by atoms with E-state index in [0.29, 0.717) is 17.9 Å². The number of carbonyl (C=O) groups is 2. The number of carbonyl (C=O) groups excluding carboxylic acids is 2. The van der Waals surface area contributed by atoms with Crippen LogP contribution in [0.15, 0.2) is 48.5 Å².